The van der Waals surface area contributed by atoms with Gasteiger partial charge >= 0.3 is 0 Å². The lowest BCUT2D eigenvalue weighted by molar-refractivity contribution is 0.417. The molecule has 1 fully saturated rings. The lowest BCUT2D eigenvalue weighted by atomic mass is 10.1. The van der Waals surface area contributed by atoms with Gasteiger partial charge in [0, 0.05) is 17.3 Å². The minimum atomic E-state index is 0.714. The minimum Gasteiger partial charge on any atom is -0.310 e. The van der Waals surface area contributed by atoms with Gasteiger partial charge in [-0.2, -0.15) is 11.8 Å². The van der Waals surface area contributed by atoms with E-state index in [0.29, 0.717) is 6.04 Å². The second-order valence-electron chi connectivity index (χ2n) is 4.18. The molecule has 1 nitrogen and oxygen atoms in total. The van der Waals surface area contributed by atoms with Crippen LogP contribution in [0.1, 0.15) is 46.5 Å². The van der Waals surface area contributed by atoms with Gasteiger partial charge in [0.1, 0.15) is 0 Å². The average molecular weight is 201 g/mol. The van der Waals surface area contributed by atoms with Crippen LogP contribution < -0.4 is 5.32 Å². The Morgan fingerprint density at radius 1 is 1.54 bits per heavy atom. The van der Waals surface area contributed by atoms with Crippen molar-refractivity contribution in [2.75, 3.05) is 5.75 Å². The van der Waals surface area contributed by atoms with Crippen LogP contribution in [0.5, 0.6) is 0 Å². The standard InChI is InChI=1S/C11H23NS/c1-4-5-6-9(2)12-11-7-8-13-10(11)3/h9-12H,4-8H2,1-3H3. The van der Waals surface area contributed by atoms with Crippen molar-refractivity contribution in [3.8, 4) is 0 Å². The Balaban J connectivity index is 2.15. The largest absolute Gasteiger partial charge is 0.310 e. The summed E-state index contributed by atoms with van der Waals surface area (Å²) in [7, 11) is 0. The Bertz CT molecular complexity index is 138. The molecule has 3 atom stereocenters. The summed E-state index contributed by atoms with van der Waals surface area (Å²) >= 11 is 2.11. The van der Waals surface area contributed by atoms with Gasteiger partial charge in [-0.1, -0.05) is 26.7 Å². The molecule has 0 spiro atoms. The summed E-state index contributed by atoms with van der Waals surface area (Å²) in [5, 5.41) is 4.57. The molecule has 0 aromatic rings. The molecule has 0 saturated carbocycles. The fourth-order valence-electron chi connectivity index (χ4n) is 1.91. The second-order valence-corrected chi connectivity index (χ2v) is 5.67. The molecule has 0 aromatic heterocycles. The van der Waals surface area contributed by atoms with Gasteiger partial charge in [-0.05, 0) is 25.5 Å². The Hall–Kier alpha value is 0.310. The number of rotatable bonds is 5. The van der Waals surface area contributed by atoms with Crippen LogP contribution in [0.15, 0.2) is 0 Å². The van der Waals surface area contributed by atoms with Crippen molar-refractivity contribution in [3.05, 3.63) is 0 Å². The fraction of sp³-hybridized carbons (Fsp3) is 1.00. The highest BCUT2D eigenvalue weighted by Crippen LogP contribution is 2.26. The number of hydrogen-bond acceptors (Lipinski definition) is 2. The molecular formula is C11H23NS. The van der Waals surface area contributed by atoms with Crippen molar-refractivity contribution in [1.82, 2.24) is 5.32 Å². The van der Waals surface area contributed by atoms with E-state index in [4.69, 9.17) is 0 Å². The highest BCUT2D eigenvalue weighted by molar-refractivity contribution is 8.00. The van der Waals surface area contributed by atoms with Crippen molar-refractivity contribution >= 4 is 11.8 Å². The summed E-state index contributed by atoms with van der Waals surface area (Å²) in [5.74, 6) is 1.35. The van der Waals surface area contributed by atoms with E-state index in [1.54, 1.807) is 0 Å². The lowest BCUT2D eigenvalue weighted by Gasteiger charge is -2.21. The van der Waals surface area contributed by atoms with E-state index in [-0.39, 0.29) is 0 Å². The first kappa shape index (κ1) is 11.4. The maximum absolute atomic E-state index is 3.74. The summed E-state index contributed by atoms with van der Waals surface area (Å²) in [6.07, 6.45) is 5.39. The van der Waals surface area contributed by atoms with E-state index < -0.39 is 0 Å². The van der Waals surface area contributed by atoms with E-state index in [0.717, 1.165) is 11.3 Å². The molecule has 1 N–H and O–H groups in total. The fourth-order valence-corrected chi connectivity index (χ4v) is 3.12. The van der Waals surface area contributed by atoms with Crippen LogP contribution >= 0.6 is 11.8 Å². The first-order valence-corrected chi connectivity index (χ1v) is 6.66. The quantitative estimate of drug-likeness (QED) is 0.734. The van der Waals surface area contributed by atoms with E-state index in [9.17, 15) is 0 Å². The van der Waals surface area contributed by atoms with Crippen LogP contribution in [0.4, 0.5) is 0 Å². The van der Waals surface area contributed by atoms with E-state index >= 15 is 0 Å². The van der Waals surface area contributed by atoms with Gasteiger partial charge in [0.15, 0.2) is 0 Å². The zero-order valence-corrected chi connectivity index (χ0v) is 9.99. The van der Waals surface area contributed by atoms with Gasteiger partial charge in [-0.3, -0.25) is 0 Å². The summed E-state index contributed by atoms with van der Waals surface area (Å²) in [6, 6.07) is 1.49. The summed E-state index contributed by atoms with van der Waals surface area (Å²) in [4.78, 5) is 0. The average Bonchev–Trinajstić information content (AvgIpc) is 2.48. The SMILES string of the molecule is CCCCC(C)NC1CCSC1C. The highest BCUT2D eigenvalue weighted by atomic mass is 32.2. The van der Waals surface area contributed by atoms with Crippen molar-refractivity contribution < 1.29 is 0 Å². The number of nitrogens with one attached hydrogen (secondary N) is 1. The molecule has 1 saturated heterocycles. The van der Waals surface area contributed by atoms with Crippen LogP contribution in [0, 0.1) is 0 Å². The van der Waals surface area contributed by atoms with Crippen LogP contribution in [0.25, 0.3) is 0 Å². The van der Waals surface area contributed by atoms with Gasteiger partial charge in [0.05, 0.1) is 0 Å². The van der Waals surface area contributed by atoms with Gasteiger partial charge in [0.25, 0.3) is 0 Å². The molecule has 0 amide bonds. The summed E-state index contributed by atoms with van der Waals surface area (Å²) < 4.78 is 0. The van der Waals surface area contributed by atoms with Crippen LogP contribution in [-0.2, 0) is 0 Å². The molecule has 0 aromatic carbocycles. The van der Waals surface area contributed by atoms with Crippen molar-refractivity contribution in [1.29, 1.82) is 0 Å². The molecule has 3 unspecified atom stereocenters. The Labute approximate surface area is 87.1 Å². The normalized spacial score (nSPS) is 30.7. The van der Waals surface area contributed by atoms with Crippen LogP contribution in [0.2, 0.25) is 0 Å². The monoisotopic (exact) mass is 201 g/mol. The third kappa shape index (κ3) is 3.90. The molecular weight excluding hydrogens is 178 g/mol. The molecule has 13 heavy (non-hydrogen) atoms. The van der Waals surface area contributed by atoms with Gasteiger partial charge in [-0.25, -0.2) is 0 Å². The second kappa shape index (κ2) is 5.92. The lowest BCUT2D eigenvalue weighted by Crippen LogP contribution is -2.39. The van der Waals surface area contributed by atoms with E-state index in [2.05, 4.69) is 37.8 Å². The molecule has 0 aliphatic carbocycles. The molecule has 0 radical (unpaired) electrons. The molecule has 0 bridgehead atoms. The maximum Gasteiger partial charge on any atom is 0.0194 e. The number of hydrogen-bond donors (Lipinski definition) is 1. The summed E-state index contributed by atoms with van der Waals surface area (Å²) in [6.45, 7) is 6.94. The van der Waals surface area contributed by atoms with Crippen molar-refractivity contribution in [2.24, 2.45) is 0 Å². The molecule has 1 aliphatic rings. The predicted molar refractivity (Wildman–Crippen MR) is 62.4 cm³/mol. The summed E-state index contributed by atoms with van der Waals surface area (Å²) in [5.41, 5.74) is 0. The smallest absolute Gasteiger partial charge is 0.0194 e. The van der Waals surface area contributed by atoms with E-state index in [1.165, 1.54) is 31.4 Å². The molecule has 1 rings (SSSR count). The molecule has 1 aliphatic heterocycles. The van der Waals surface area contributed by atoms with Gasteiger partial charge < -0.3 is 5.32 Å². The third-order valence-electron chi connectivity index (χ3n) is 2.87. The topological polar surface area (TPSA) is 12.0 Å². The first-order valence-electron chi connectivity index (χ1n) is 5.61. The van der Waals surface area contributed by atoms with Gasteiger partial charge in [-0.15, -0.1) is 0 Å². The van der Waals surface area contributed by atoms with Crippen molar-refractivity contribution in [3.63, 3.8) is 0 Å². The van der Waals surface area contributed by atoms with E-state index in [1.807, 2.05) is 0 Å². The zero-order valence-electron chi connectivity index (χ0n) is 9.18. The van der Waals surface area contributed by atoms with Crippen LogP contribution in [-0.4, -0.2) is 23.1 Å². The Morgan fingerprint density at radius 3 is 2.85 bits per heavy atom. The highest BCUT2D eigenvalue weighted by Gasteiger charge is 2.24. The van der Waals surface area contributed by atoms with Crippen LogP contribution in [0.3, 0.4) is 0 Å². The molecule has 1 heterocycles. The van der Waals surface area contributed by atoms with Gasteiger partial charge in [0.2, 0.25) is 0 Å². The Morgan fingerprint density at radius 2 is 2.31 bits per heavy atom. The zero-order chi connectivity index (χ0) is 9.68. The maximum atomic E-state index is 3.74. The predicted octanol–water partition coefficient (Wildman–Crippen LogP) is 3.05. The molecule has 78 valence electrons. The number of unbranched alkanes of at least 4 members (excludes halogenated alkanes) is 1. The third-order valence-corrected chi connectivity index (χ3v) is 4.19. The minimum absolute atomic E-state index is 0.714. The molecule has 2 heteroatoms. The first-order chi connectivity index (χ1) is 6.24. The number of thioether (sulfide) groups is 1. The van der Waals surface area contributed by atoms with Crippen molar-refractivity contribution in [2.45, 2.75) is 63.8 Å². The Kier molecular flexibility index (Phi) is 5.18.